The summed E-state index contributed by atoms with van der Waals surface area (Å²) in [6, 6.07) is 18.1. The van der Waals surface area contributed by atoms with Crippen molar-refractivity contribution in [1.29, 1.82) is 0 Å². The maximum atomic E-state index is 12.8. The standard InChI is InChI=1S/C26H30N4O3S/c1-4-14-30-24(17-32-23-13-9-8-12-22(23)21-10-6-5-7-11-21)27-28-26(30)34-18-25(31)29-15-19(2)33-20(3)16-29/h4-13,19-20H,1,14-18H2,2-3H3/t19-,20+. The fourth-order valence-corrected chi connectivity index (χ4v) is 4.90. The Labute approximate surface area is 204 Å². The first-order valence-electron chi connectivity index (χ1n) is 11.4. The average Bonchev–Trinajstić information content (AvgIpc) is 3.23. The highest BCUT2D eigenvalue weighted by Crippen LogP contribution is 2.30. The monoisotopic (exact) mass is 478 g/mol. The molecule has 178 valence electrons. The lowest BCUT2D eigenvalue weighted by atomic mass is 10.1. The molecule has 0 radical (unpaired) electrons. The molecule has 34 heavy (non-hydrogen) atoms. The van der Waals surface area contributed by atoms with Crippen LogP contribution in [0, 0.1) is 0 Å². The molecule has 4 rings (SSSR count). The van der Waals surface area contributed by atoms with Crippen molar-refractivity contribution in [2.75, 3.05) is 18.8 Å². The van der Waals surface area contributed by atoms with E-state index in [2.05, 4.69) is 28.9 Å². The number of aromatic nitrogens is 3. The molecular formula is C26H30N4O3S. The van der Waals surface area contributed by atoms with Gasteiger partial charge in [0.2, 0.25) is 5.91 Å². The van der Waals surface area contributed by atoms with Gasteiger partial charge in [-0.15, -0.1) is 16.8 Å². The zero-order valence-corrected chi connectivity index (χ0v) is 20.4. The van der Waals surface area contributed by atoms with Crippen LogP contribution in [0.3, 0.4) is 0 Å². The second-order valence-corrected chi connectivity index (χ2v) is 9.24. The fraction of sp³-hybridized carbons (Fsp3) is 0.346. The minimum atomic E-state index is 0.0460. The van der Waals surface area contributed by atoms with Crippen LogP contribution >= 0.6 is 11.8 Å². The largest absolute Gasteiger partial charge is 0.485 e. The number of allylic oxidation sites excluding steroid dienone is 1. The van der Waals surface area contributed by atoms with Crippen molar-refractivity contribution in [3.05, 3.63) is 73.1 Å². The summed E-state index contributed by atoms with van der Waals surface area (Å²) < 4.78 is 13.8. The number of thioether (sulfide) groups is 1. The number of amides is 1. The lowest BCUT2D eigenvalue weighted by Crippen LogP contribution is -2.48. The molecule has 2 aromatic carbocycles. The summed E-state index contributed by atoms with van der Waals surface area (Å²) in [7, 11) is 0. The van der Waals surface area contributed by atoms with Crippen molar-refractivity contribution >= 4 is 17.7 Å². The van der Waals surface area contributed by atoms with Crippen molar-refractivity contribution < 1.29 is 14.3 Å². The smallest absolute Gasteiger partial charge is 0.233 e. The molecule has 0 bridgehead atoms. The van der Waals surface area contributed by atoms with Gasteiger partial charge >= 0.3 is 0 Å². The van der Waals surface area contributed by atoms with E-state index >= 15 is 0 Å². The molecule has 8 heteroatoms. The van der Waals surface area contributed by atoms with Crippen LogP contribution in [0.15, 0.2) is 72.4 Å². The molecule has 0 spiro atoms. The molecule has 0 N–H and O–H groups in total. The number of hydrogen-bond acceptors (Lipinski definition) is 6. The van der Waals surface area contributed by atoms with Gasteiger partial charge in [-0.25, -0.2) is 0 Å². The van der Waals surface area contributed by atoms with E-state index in [9.17, 15) is 4.79 Å². The number of carbonyl (C=O) groups excluding carboxylic acids is 1. The molecule has 0 saturated carbocycles. The predicted molar refractivity (Wildman–Crippen MR) is 134 cm³/mol. The highest BCUT2D eigenvalue weighted by molar-refractivity contribution is 7.99. The van der Waals surface area contributed by atoms with Crippen LogP contribution in [0.25, 0.3) is 11.1 Å². The van der Waals surface area contributed by atoms with E-state index in [0.29, 0.717) is 36.4 Å². The fourth-order valence-electron chi connectivity index (χ4n) is 4.04. The Morgan fingerprint density at radius 1 is 1.12 bits per heavy atom. The van der Waals surface area contributed by atoms with Gasteiger partial charge in [-0.1, -0.05) is 66.4 Å². The third kappa shape index (κ3) is 5.87. The van der Waals surface area contributed by atoms with Crippen molar-refractivity contribution in [2.24, 2.45) is 0 Å². The van der Waals surface area contributed by atoms with Gasteiger partial charge in [-0.3, -0.25) is 9.36 Å². The van der Waals surface area contributed by atoms with E-state index in [4.69, 9.17) is 9.47 Å². The second-order valence-electron chi connectivity index (χ2n) is 8.29. The Hall–Kier alpha value is -3.10. The number of carbonyl (C=O) groups is 1. The molecule has 2 heterocycles. The van der Waals surface area contributed by atoms with E-state index in [0.717, 1.165) is 16.9 Å². The Bertz CT molecular complexity index is 1110. The number of morpholine rings is 1. The molecule has 1 aliphatic heterocycles. The number of hydrogen-bond donors (Lipinski definition) is 0. The Balaban J connectivity index is 1.43. The van der Waals surface area contributed by atoms with Crippen LogP contribution < -0.4 is 4.74 Å². The minimum Gasteiger partial charge on any atom is -0.485 e. The van der Waals surface area contributed by atoms with E-state index in [1.807, 2.05) is 65.8 Å². The topological polar surface area (TPSA) is 69.5 Å². The third-order valence-corrected chi connectivity index (χ3v) is 6.48. The highest BCUT2D eigenvalue weighted by atomic mass is 32.2. The van der Waals surface area contributed by atoms with E-state index < -0.39 is 0 Å². The molecule has 1 fully saturated rings. The van der Waals surface area contributed by atoms with Gasteiger partial charge in [0, 0.05) is 25.2 Å². The molecule has 0 aliphatic carbocycles. The van der Waals surface area contributed by atoms with Crippen LogP contribution in [-0.4, -0.2) is 56.6 Å². The van der Waals surface area contributed by atoms with Crippen LogP contribution in [0.2, 0.25) is 0 Å². The third-order valence-electron chi connectivity index (χ3n) is 5.53. The van der Waals surface area contributed by atoms with Crippen molar-refractivity contribution in [3.8, 4) is 16.9 Å². The zero-order chi connectivity index (χ0) is 23.9. The lowest BCUT2D eigenvalue weighted by Gasteiger charge is -2.35. The molecular weight excluding hydrogens is 448 g/mol. The summed E-state index contributed by atoms with van der Waals surface area (Å²) >= 11 is 1.39. The number of ether oxygens (including phenoxy) is 2. The summed E-state index contributed by atoms with van der Waals surface area (Å²) in [5, 5.41) is 9.35. The molecule has 2 atom stereocenters. The van der Waals surface area contributed by atoms with Gasteiger partial charge in [0.1, 0.15) is 12.4 Å². The van der Waals surface area contributed by atoms with E-state index in [1.54, 1.807) is 6.08 Å². The maximum Gasteiger partial charge on any atom is 0.233 e. The molecule has 0 unspecified atom stereocenters. The Morgan fingerprint density at radius 2 is 1.82 bits per heavy atom. The first kappa shape index (κ1) is 24.0. The number of para-hydroxylation sites is 1. The van der Waals surface area contributed by atoms with Crippen LogP contribution in [-0.2, 0) is 22.7 Å². The van der Waals surface area contributed by atoms with Gasteiger partial charge in [-0.05, 0) is 25.5 Å². The normalized spacial score (nSPS) is 18.0. The lowest BCUT2D eigenvalue weighted by molar-refractivity contribution is -0.140. The quantitative estimate of drug-likeness (QED) is 0.335. The summed E-state index contributed by atoms with van der Waals surface area (Å²) in [4.78, 5) is 14.6. The van der Waals surface area contributed by atoms with Gasteiger partial charge in [0.25, 0.3) is 0 Å². The second kappa shape index (κ2) is 11.4. The molecule has 7 nitrogen and oxygen atoms in total. The molecule has 1 aliphatic rings. The van der Waals surface area contributed by atoms with Gasteiger partial charge < -0.3 is 14.4 Å². The Morgan fingerprint density at radius 3 is 2.56 bits per heavy atom. The molecule has 3 aromatic rings. The number of nitrogens with zero attached hydrogens (tertiary/aromatic N) is 4. The van der Waals surface area contributed by atoms with Crippen molar-refractivity contribution in [1.82, 2.24) is 19.7 Å². The van der Waals surface area contributed by atoms with Gasteiger partial charge in [0.15, 0.2) is 11.0 Å². The summed E-state index contributed by atoms with van der Waals surface area (Å²) in [5.74, 6) is 1.84. The molecule has 1 aromatic heterocycles. The highest BCUT2D eigenvalue weighted by Gasteiger charge is 2.26. The zero-order valence-electron chi connectivity index (χ0n) is 19.6. The summed E-state index contributed by atoms with van der Waals surface area (Å²) in [6.45, 7) is 9.87. The van der Waals surface area contributed by atoms with Crippen LogP contribution in [0.5, 0.6) is 5.75 Å². The van der Waals surface area contributed by atoms with E-state index in [-0.39, 0.29) is 24.7 Å². The summed E-state index contributed by atoms with van der Waals surface area (Å²) in [6.07, 6.45) is 1.89. The van der Waals surface area contributed by atoms with Crippen LogP contribution in [0.4, 0.5) is 0 Å². The average molecular weight is 479 g/mol. The van der Waals surface area contributed by atoms with Gasteiger partial charge in [0.05, 0.1) is 18.0 Å². The summed E-state index contributed by atoms with van der Waals surface area (Å²) in [5.41, 5.74) is 2.11. The minimum absolute atomic E-state index is 0.0460. The maximum absolute atomic E-state index is 12.8. The molecule has 1 amide bonds. The van der Waals surface area contributed by atoms with Crippen molar-refractivity contribution in [2.45, 2.75) is 44.4 Å². The van der Waals surface area contributed by atoms with Gasteiger partial charge in [-0.2, -0.15) is 0 Å². The predicted octanol–water partition coefficient (Wildman–Crippen LogP) is 4.44. The number of benzene rings is 2. The Kier molecular flexibility index (Phi) is 8.03. The first-order chi connectivity index (χ1) is 16.5. The van der Waals surface area contributed by atoms with Crippen molar-refractivity contribution in [3.63, 3.8) is 0 Å². The SMILES string of the molecule is C=CCn1c(COc2ccccc2-c2ccccc2)nnc1SCC(=O)N1C[C@@H](C)O[C@@H](C)C1. The van der Waals surface area contributed by atoms with Crippen LogP contribution in [0.1, 0.15) is 19.7 Å². The first-order valence-corrected chi connectivity index (χ1v) is 12.4. The molecule has 1 saturated heterocycles. The number of rotatable bonds is 9. The van der Waals surface area contributed by atoms with E-state index in [1.165, 1.54) is 11.8 Å².